The molecular weight excluding hydrogens is 1390 g/mol. The summed E-state index contributed by atoms with van der Waals surface area (Å²) in [4.78, 5) is 13.5. The van der Waals surface area contributed by atoms with Gasteiger partial charge in [-0.1, -0.05) is 418 Å². The normalized spacial score (nSPS) is 25.1. The van der Waals surface area contributed by atoms with Crippen molar-refractivity contribution in [3.05, 3.63) is 12.2 Å². The van der Waals surface area contributed by atoms with Gasteiger partial charge in [0, 0.05) is 6.42 Å². The van der Waals surface area contributed by atoms with E-state index in [0.717, 1.165) is 44.9 Å². The Morgan fingerprint density at radius 2 is 0.564 bits per heavy atom. The molecule has 0 radical (unpaired) electrons. The van der Waals surface area contributed by atoms with Crippen molar-refractivity contribution >= 4 is 5.91 Å². The van der Waals surface area contributed by atoms with E-state index in [-0.39, 0.29) is 18.9 Å². The lowest BCUT2D eigenvalue weighted by atomic mass is 9.96. The molecule has 19 heteroatoms. The largest absolute Gasteiger partial charge is 0.394 e. The van der Waals surface area contributed by atoms with Crippen molar-refractivity contribution in [1.29, 1.82) is 0 Å². The molecule has 3 heterocycles. The molecule has 3 rings (SSSR count). The average molecular weight is 1570 g/mol. The first-order valence-electron chi connectivity index (χ1n) is 46.9. The van der Waals surface area contributed by atoms with Crippen LogP contribution in [0, 0.1) is 0 Å². The van der Waals surface area contributed by atoms with Crippen molar-refractivity contribution in [2.45, 2.75) is 535 Å². The minimum Gasteiger partial charge on any atom is -0.394 e. The molecule has 3 aliphatic heterocycles. The van der Waals surface area contributed by atoms with Crippen LogP contribution in [0.1, 0.15) is 431 Å². The fourth-order valence-electron chi connectivity index (χ4n) is 16.4. The SMILES string of the molecule is CCCCCCCCCCCCCCCCCCCCCCCCCC/C=C/C(O)C(COC1OC(CO)C(OC2OC(CO)C(OC3OC(CO)C(O)C(O)C3O)C(O)C2O)C(O)C1O)NC(=O)CCCCCCCCCCCCCCCCCCCCCCCCCCCCCCCCCCCCCCCCC. The third-order valence-corrected chi connectivity index (χ3v) is 23.8. The number of rotatable bonds is 78. The summed E-state index contributed by atoms with van der Waals surface area (Å²) in [6, 6.07) is -0.971. The molecule has 0 aromatic rings. The monoisotopic (exact) mass is 1570 g/mol. The van der Waals surface area contributed by atoms with Gasteiger partial charge in [-0.05, 0) is 19.3 Å². The van der Waals surface area contributed by atoms with E-state index in [2.05, 4.69) is 19.2 Å². The Morgan fingerprint density at radius 3 is 0.855 bits per heavy atom. The molecule has 0 spiro atoms. The molecule has 652 valence electrons. The van der Waals surface area contributed by atoms with Gasteiger partial charge in [-0.25, -0.2) is 0 Å². The Balaban J connectivity index is 1.29. The first kappa shape index (κ1) is 103. The van der Waals surface area contributed by atoms with E-state index in [1.165, 1.54) is 360 Å². The van der Waals surface area contributed by atoms with E-state index in [9.17, 15) is 61.0 Å². The second-order valence-electron chi connectivity index (χ2n) is 33.8. The van der Waals surface area contributed by atoms with Gasteiger partial charge in [0.1, 0.15) is 73.2 Å². The second kappa shape index (κ2) is 71.6. The van der Waals surface area contributed by atoms with Crippen molar-refractivity contribution in [1.82, 2.24) is 5.32 Å². The van der Waals surface area contributed by atoms with E-state index in [0.29, 0.717) is 6.42 Å². The molecule has 3 fully saturated rings. The molecule has 0 aromatic carbocycles. The molecule has 3 aliphatic rings. The van der Waals surface area contributed by atoms with Crippen LogP contribution in [0.15, 0.2) is 12.2 Å². The number of unbranched alkanes of at least 4 members (excludes halogenated alkanes) is 62. The Morgan fingerprint density at radius 1 is 0.318 bits per heavy atom. The van der Waals surface area contributed by atoms with Crippen molar-refractivity contribution in [2.75, 3.05) is 26.4 Å². The average Bonchev–Trinajstić information content (AvgIpc) is 0.779. The van der Waals surface area contributed by atoms with E-state index in [1.54, 1.807) is 6.08 Å². The Labute approximate surface area is 671 Å². The number of allylic oxidation sites excluding steroid dienone is 1. The molecule has 17 unspecified atom stereocenters. The Hall–Kier alpha value is -1.47. The predicted molar refractivity (Wildman–Crippen MR) is 444 cm³/mol. The lowest BCUT2D eigenvalue weighted by Gasteiger charge is -2.48. The van der Waals surface area contributed by atoms with Crippen molar-refractivity contribution in [3.63, 3.8) is 0 Å². The second-order valence-corrected chi connectivity index (χ2v) is 33.8. The molecule has 3 saturated heterocycles. The van der Waals surface area contributed by atoms with Gasteiger partial charge in [-0.3, -0.25) is 4.79 Å². The van der Waals surface area contributed by atoms with Crippen LogP contribution in [-0.4, -0.2) is 193 Å². The molecular formula is C91H175NO18. The number of aliphatic hydroxyl groups excluding tert-OH is 11. The van der Waals surface area contributed by atoms with Crippen LogP contribution in [0.2, 0.25) is 0 Å². The van der Waals surface area contributed by atoms with Gasteiger partial charge in [0.2, 0.25) is 5.91 Å². The highest BCUT2D eigenvalue weighted by Gasteiger charge is 2.54. The minimum absolute atomic E-state index is 0.251. The highest BCUT2D eigenvalue weighted by atomic mass is 16.8. The van der Waals surface area contributed by atoms with Gasteiger partial charge in [-0.15, -0.1) is 0 Å². The molecule has 0 saturated carbocycles. The van der Waals surface area contributed by atoms with E-state index in [4.69, 9.17) is 28.4 Å². The van der Waals surface area contributed by atoms with Crippen molar-refractivity contribution < 1.29 is 89.4 Å². The maximum absolute atomic E-state index is 13.5. The smallest absolute Gasteiger partial charge is 0.220 e. The number of hydrogen-bond donors (Lipinski definition) is 12. The summed E-state index contributed by atoms with van der Waals surface area (Å²) in [5.74, 6) is -0.264. The van der Waals surface area contributed by atoms with Crippen LogP contribution < -0.4 is 5.32 Å². The van der Waals surface area contributed by atoms with Gasteiger partial charge in [-0.2, -0.15) is 0 Å². The molecule has 0 bridgehead atoms. The van der Waals surface area contributed by atoms with Crippen LogP contribution in [0.25, 0.3) is 0 Å². The minimum atomic E-state index is -1.98. The maximum atomic E-state index is 13.5. The number of amides is 1. The lowest BCUT2D eigenvalue weighted by molar-refractivity contribution is -0.379. The molecule has 12 N–H and O–H groups in total. The van der Waals surface area contributed by atoms with E-state index < -0.39 is 124 Å². The van der Waals surface area contributed by atoms with Crippen LogP contribution in [0.4, 0.5) is 0 Å². The summed E-state index contributed by atoms with van der Waals surface area (Å²) in [6.07, 6.45) is 62.5. The fraction of sp³-hybridized carbons (Fsp3) is 0.967. The standard InChI is InChI=1S/C91H175NO18/c1-3-5-7-9-11-13-15-17-19-21-23-25-27-29-31-32-33-34-35-36-37-38-39-40-41-42-43-45-47-49-51-53-55-57-59-61-63-65-67-69-79(97)92-74(75(96)68-66-64-62-60-58-56-54-52-50-48-46-44-30-28-26-24-22-20-18-16-14-12-10-8-6-4-2)73-105-89-85(103)82(100)87(77(71-94)107-89)110-91-86(104)83(101)88(78(72-95)108-91)109-90-84(102)81(99)80(98)76(70-93)106-90/h66,68,74-78,80-91,93-96,98-104H,3-65,67,69-73H2,1-2H3,(H,92,97)/b68-66+. The van der Waals surface area contributed by atoms with Crippen molar-refractivity contribution in [3.8, 4) is 0 Å². The van der Waals surface area contributed by atoms with Gasteiger partial charge < -0.3 is 89.9 Å². The van der Waals surface area contributed by atoms with E-state index >= 15 is 0 Å². The zero-order chi connectivity index (χ0) is 79.5. The topological polar surface area (TPSA) is 307 Å². The lowest BCUT2D eigenvalue weighted by Crippen LogP contribution is -2.66. The van der Waals surface area contributed by atoms with Gasteiger partial charge in [0.05, 0.1) is 38.6 Å². The summed E-state index contributed by atoms with van der Waals surface area (Å²) >= 11 is 0. The Kier molecular flexibility index (Phi) is 66.9. The van der Waals surface area contributed by atoms with Crippen LogP contribution >= 0.6 is 0 Å². The van der Waals surface area contributed by atoms with Crippen LogP contribution in [-0.2, 0) is 33.2 Å². The Bertz CT molecular complexity index is 2030. The molecule has 0 aliphatic carbocycles. The van der Waals surface area contributed by atoms with Gasteiger partial charge in [0.15, 0.2) is 18.9 Å². The third kappa shape index (κ3) is 49.7. The summed E-state index contributed by atoms with van der Waals surface area (Å²) in [6.45, 7) is 1.82. The number of aliphatic hydroxyl groups is 11. The maximum Gasteiger partial charge on any atom is 0.220 e. The first-order chi connectivity index (χ1) is 53.8. The quantitative estimate of drug-likeness (QED) is 0.0199. The van der Waals surface area contributed by atoms with Crippen LogP contribution in [0.5, 0.6) is 0 Å². The fourth-order valence-corrected chi connectivity index (χ4v) is 16.4. The third-order valence-electron chi connectivity index (χ3n) is 23.8. The molecule has 110 heavy (non-hydrogen) atoms. The van der Waals surface area contributed by atoms with Gasteiger partial charge in [0.25, 0.3) is 0 Å². The zero-order valence-electron chi connectivity index (χ0n) is 70.5. The van der Waals surface area contributed by atoms with E-state index in [1.807, 2.05) is 6.08 Å². The van der Waals surface area contributed by atoms with Gasteiger partial charge >= 0.3 is 0 Å². The predicted octanol–water partition coefficient (Wildman–Crippen LogP) is 18.2. The first-order valence-corrected chi connectivity index (χ1v) is 46.9. The number of nitrogens with one attached hydrogen (secondary N) is 1. The summed E-state index contributed by atoms with van der Waals surface area (Å²) in [5.41, 5.74) is 0. The molecule has 0 aromatic heterocycles. The number of carbonyl (C=O) groups is 1. The molecule has 19 nitrogen and oxygen atoms in total. The number of hydrogen-bond acceptors (Lipinski definition) is 18. The summed E-state index contributed by atoms with van der Waals surface area (Å²) in [7, 11) is 0. The highest BCUT2D eigenvalue weighted by Crippen LogP contribution is 2.34. The number of carbonyl (C=O) groups excluding carboxylic acids is 1. The van der Waals surface area contributed by atoms with Crippen molar-refractivity contribution in [2.24, 2.45) is 0 Å². The number of ether oxygens (including phenoxy) is 6. The highest BCUT2D eigenvalue weighted by molar-refractivity contribution is 5.76. The molecule has 1 amide bonds. The summed E-state index contributed by atoms with van der Waals surface area (Å²) < 4.78 is 34.5. The summed E-state index contributed by atoms with van der Waals surface area (Å²) in [5, 5.41) is 121. The zero-order valence-corrected chi connectivity index (χ0v) is 70.5. The van der Waals surface area contributed by atoms with Crippen LogP contribution in [0.3, 0.4) is 0 Å². The molecule has 17 atom stereocenters.